The van der Waals surface area contributed by atoms with Crippen LogP contribution in [-0.4, -0.2) is 24.5 Å². The number of halogens is 4. The number of anilines is 2. The van der Waals surface area contributed by atoms with Crippen molar-refractivity contribution in [1.82, 2.24) is 10.2 Å². The van der Waals surface area contributed by atoms with Gasteiger partial charge in [-0.3, -0.25) is 14.4 Å². The number of aryl methyl sites for hydroxylation is 1. The molecule has 0 aliphatic rings. The molecule has 0 bridgehead atoms. The van der Waals surface area contributed by atoms with E-state index in [9.17, 15) is 26.4 Å². The van der Waals surface area contributed by atoms with Gasteiger partial charge in [0.05, 0.1) is 22.8 Å². The Balaban J connectivity index is 1.76. The maximum absolute atomic E-state index is 13.9. The molecular formula is C25H20ClF3N4O3S2. The number of hydrogen-bond donors (Lipinski definition) is 1. The van der Waals surface area contributed by atoms with Crippen molar-refractivity contribution < 1.29 is 26.4 Å². The summed E-state index contributed by atoms with van der Waals surface area (Å²) in [6.07, 6.45) is -4.06. The molecule has 13 heteroatoms. The summed E-state index contributed by atoms with van der Waals surface area (Å²) < 4.78 is 69.0. The van der Waals surface area contributed by atoms with Crippen molar-refractivity contribution in [3.8, 4) is 0 Å². The standard InChI is InChI=1S/C25H20ClF3N4O3S2/c1-2-22-31-32-24(37-22)30-23(34)17-11-12-20(26)21(13-17)38(35,36)33(15-16-7-4-3-5-8-16)19-10-6-9-18(14-19)25(27,28)29/h3-14H,2,15H2,1H3,(H,30,32,34). The van der Waals surface area contributed by atoms with Gasteiger partial charge in [0.15, 0.2) is 0 Å². The monoisotopic (exact) mass is 580 g/mol. The van der Waals surface area contributed by atoms with Crippen LogP contribution in [0.1, 0.15) is 33.4 Å². The number of hydrogen-bond acceptors (Lipinski definition) is 6. The molecule has 0 spiro atoms. The molecule has 0 saturated carbocycles. The van der Waals surface area contributed by atoms with Gasteiger partial charge < -0.3 is 0 Å². The first-order valence-electron chi connectivity index (χ1n) is 11.2. The Labute approximate surface area is 226 Å². The van der Waals surface area contributed by atoms with E-state index in [1.165, 1.54) is 29.5 Å². The number of benzene rings is 3. The molecule has 0 fully saturated rings. The number of carbonyl (C=O) groups is 1. The van der Waals surface area contributed by atoms with Crippen molar-refractivity contribution in [3.05, 3.63) is 99.5 Å². The summed E-state index contributed by atoms with van der Waals surface area (Å²) in [7, 11) is -4.55. The second-order valence-electron chi connectivity index (χ2n) is 8.00. The highest BCUT2D eigenvalue weighted by atomic mass is 35.5. The quantitative estimate of drug-likeness (QED) is 0.260. The van der Waals surface area contributed by atoms with E-state index in [0.29, 0.717) is 17.0 Å². The van der Waals surface area contributed by atoms with Gasteiger partial charge >= 0.3 is 6.18 Å². The molecule has 0 aliphatic heterocycles. The van der Waals surface area contributed by atoms with Crippen LogP contribution in [0.25, 0.3) is 0 Å². The van der Waals surface area contributed by atoms with E-state index in [1.807, 2.05) is 6.92 Å². The molecule has 4 aromatic rings. The second-order valence-corrected chi connectivity index (χ2v) is 11.3. The molecule has 7 nitrogen and oxygen atoms in total. The highest BCUT2D eigenvalue weighted by Gasteiger charge is 2.33. The van der Waals surface area contributed by atoms with Gasteiger partial charge in [0.1, 0.15) is 9.90 Å². The number of amides is 1. The Morgan fingerprint density at radius 3 is 2.42 bits per heavy atom. The molecule has 0 aliphatic carbocycles. The van der Waals surface area contributed by atoms with Crippen LogP contribution in [-0.2, 0) is 29.2 Å². The van der Waals surface area contributed by atoms with Gasteiger partial charge in [-0.2, -0.15) is 13.2 Å². The number of nitrogens with one attached hydrogen (secondary N) is 1. The van der Waals surface area contributed by atoms with Crippen molar-refractivity contribution in [2.24, 2.45) is 0 Å². The lowest BCUT2D eigenvalue weighted by atomic mass is 10.2. The molecule has 3 aromatic carbocycles. The zero-order valence-corrected chi connectivity index (χ0v) is 22.1. The molecule has 0 atom stereocenters. The Bertz CT molecular complexity index is 1560. The molecule has 4 rings (SSSR count). The lowest BCUT2D eigenvalue weighted by molar-refractivity contribution is -0.137. The third kappa shape index (κ3) is 6.14. The molecule has 38 heavy (non-hydrogen) atoms. The summed E-state index contributed by atoms with van der Waals surface area (Å²) in [6, 6.07) is 16.1. The lowest BCUT2D eigenvalue weighted by Crippen LogP contribution is -2.31. The molecule has 198 valence electrons. The van der Waals surface area contributed by atoms with E-state index < -0.39 is 32.6 Å². The van der Waals surface area contributed by atoms with Crippen LogP contribution < -0.4 is 9.62 Å². The fraction of sp³-hybridized carbons (Fsp3) is 0.160. The average molecular weight is 581 g/mol. The van der Waals surface area contributed by atoms with Crippen LogP contribution in [0.15, 0.2) is 77.7 Å². The number of carbonyl (C=O) groups excluding carboxylic acids is 1. The SMILES string of the molecule is CCc1nnc(NC(=O)c2ccc(Cl)c(S(=O)(=O)N(Cc3ccccc3)c3cccc(C(F)(F)F)c3)c2)s1. The Morgan fingerprint density at radius 2 is 1.76 bits per heavy atom. The maximum atomic E-state index is 13.9. The Hall–Kier alpha value is -3.48. The topological polar surface area (TPSA) is 92.3 Å². The van der Waals surface area contributed by atoms with E-state index >= 15 is 0 Å². The summed E-state index contributed by atoms with van der Waals surface area (Å²) in [6.45, 7) is 1.61. The van der Waals surface area contributed by atoms with E-state index in [-0.39, 0.29) is 27.9 Å². The minimum atomic E-state index is -4.68. The van der Waals surface area contributed by atoms with Crippen molar-refractivity contribution in [1.29, 1.82) is 0 Å². The minimum absolute atomic E-state index is 0.0371. The van der Waals surface area contributed by atoms with Gasteiger partial charge in [-0.05, 0) is 48.4 Å². The first kappa shape index (κ1) is 27.6. The summed E-state index contributed by atoms with van der Waals surface area (Å²) in [5.74, 6) is -0.648. The van der Waals surface area contributed by atoms with Crippen molar-refractivity contribution in [2.75, 3.05) is 9.62 Å². The zero-order chi connectivity index (χ0) is 27.5. The Morgan fingerprint density at radius 1 is 1.03 bits per heavy atom. The van der Waals surface area contributed by atoms with Crippen LogP contribution in [0.3, 0.4) is 0 Å². The second kappa shape index (κ2) is 11.1. The molecule has 0 radical (unpaired) electrons. The number of alkyl halides is 3. The molecule has 1 N–H and O–H groups in total. The Kier molecular flexibility index (Phi) is 8.05. The molecule has 0 saturated heterocycles. The predicted molar refractivity (Wildman–Crippen MR) is 140 cm³/mol. The third-order valence-electron chi connectivity index (χ3n) is 5.38. The largest absolute Gasteiger partial charge is 0.416 e. The molecule has 1 heterocycles. The highest BCUT2D eigenvalue weighted by molar-refractivity contribution is 7.93. The highest BCUT2D eigenvalue weighted by Crippen LogP contribution is 2.35. The van der Waals surface area contributed by atoms with Gasteiger partial charge in [0.25, 0.3) is 15.9 Å². The van der Waals surface area contributed by atoms with Gasteiger partial charge in [0, 0.05) is 5.56 Å². The maximum Gasteiger partial charge on any atom is 0.416 e. The third-order valence-corrected chi connectivity index (χ3v) is 8.62. The van der Waals surface area contributed by atoms with Gasteiger partial charge in [0.2, 0.25) is 5.13 Å². The van der Waals surface area contributed by atoms with E-state index in [1.54, 1.807) is 30.3 Å². The molecule has 1 amide bonds. The van der Waals surface area contributed by atoms with Gasteiger partial charge in [-0.25, -0.2) is 8.42 Å². The summed E-state index contributed by atoms with van der Waals surface area (Å²) in [5, 5.41) is 11.1. The first-order valence-corrected chi connectivity index (χ1v) is 13.8. The fourth-order valence-electron chi connectivity index (χ4n) is 3.48. The van der Waals surface area contributed by atoms with Gasteiger partial charge in [-0.1, -0.05) is 66.3 Å². The van der Waals surface area contributed by atoms with Crippen molar-refractivity contribution >= 4 is 49.7 Å². The summed E-state index contributed by atoms with van der Waals surface area (Å²) in [4.78, 5) is 12.4. The summed E-state index contributed by atoms with van der Waals surface area (Å²) >= 11 is 7.45. The van der Waals surface area contributed by atoms with Crippen molar-refractivity contribution in [2.45, 2.75) is 31.0 Å². The predicted octanol–water partition coefficient (Wildman–Crippen LogP) is 6.42. The van der Waals surface area contributed by atoms with E-state index in [4.69, 9.17) is 11.6 Å². The average Bonchev–Trinajstić information content (AvgIpc) is 3.35. The number of nitrogens with zero attached hydrogens (tertiary/aromatic N) is 3. The normalized spacial score (nSPS) is 11.8. The summed E-state index contributed by atoms with van der Waals surface area (Å²) in [5.41, 5.74) is -0.729. The van der Waals surface area contributed by atoms with Crippen LogP contribution in [0.4, 0.5) is 24.0 Å². The minimum Gasteiger partial charge on any atom is -0.296 e. The van der Waals surface area contributed by atoms with Crippen LogP contribution >= 0.6 is 22.9 Å². The number of rotatable bonds is 8. The van der Waals surface area contributed by atoms with E-state index in [0.717, 1.165) is 28.6 Å². The molecular weight excluding hydrogens is 561 g/mol. The fourth-order valence-corrected chi connectivity index (χ4v) is 6.10. The van der Waals surface area contributed by atoms with Crippen molar-refractivity contribution in [3.63, 3.8) is 0 Å². The zero-order valence-electron chi connectivity index (χ0n) is 19.7. The van der Waals surface area contributed by atoms with Crippen LogP contribution in [0, 0.1) is 0 Å². The smallest absolute Gasteiger partial charge is 0.296 e. The first-order chi connectivity index (χ1) is 18.0. The van der Waals surface area contributed by atoms with Crippen LogP contribution in [0.5, 0.6) is 0 Å². The number of aromatic nitrogens is 2. The molecule has 1 aromatic heterocycles. The van der Waals surface area contributed by atoms with Gasteiger partial charge in [-0.15, -0.1) is 10.2 Å². The van der Waals surface area contributed by atoms with Crippen LogP contribution in [0.2, 0.25) is 5.02 Å². The molecule has 0 unspecified atom stereocenters. The lowest BCUT2D eigenvalue weighted by Gasteiger charge is -2.26. The number of sulfonamides is 1. The van der Waals surface area contributed by atoms with E-state index in [2.05, 4.69) is 15.5 Å².